The molecule has 0 unspecified atom stereocenters. The number of aromatic nitrogens is 4. The lowest BCUT2D eigenvalue weighted by atomic mass is 10.3. The smallest absolute Gasteiger partial charge is 0.229 e. The number of imidazole rings is 2. The van der Waals surface area contributed by atoms with Gasteiger partial charge in [0.1, 0.15) is 11.8 Å². The Bertz CT molecular complexity index is 1360. The molecule has 0 atom stereocenters. The molecule has 28 heavy (non-hydrogen) atoms. The molecule has 0 saturated heterocycles. The van der Waals surface area contributed by atoms with Gasteiger partial charge in [0.15, 0.2) is 11.6 Å². The highest BCUT2D eigenvalue weighted by Crippen LogP contribution is 2.41. The molecule has 1 aliphatic rings. The van der Waals surface area contributed by atoms with Gasteiger partial charge in [-0.15, -0.1) is 0 Å². The first-order chi connectivity index (χ1) is 13.3. The van der Waals surface area contributed by atoms with Crippen molar-refractivity contribution < 1.29 is 17.2 Å². The second kappa shape index (κ2) is 5.74. The highest BCUT2D eigenvalue weighted by Gasteiger charge is 2.31. The summed E-state index contributed by atoms with van der Waals surface area (Å²) in [5, 5.41) is 0. The molecule has 1 saturated carbocycles. The molecule has 144 valence electrons. The molecule has 0 bridgehead atoms. The summed E-state index contributed by atoms with van der Waals surface area (Å²) in [6, 6.07) is 7.52. The first-order valence-corrected chi connectivity index (χ1v) is 10.5. The Morgan fingerprint density at radius 3 is 2.64 bits per heavy atom. The van der Waals surface area contributed by atoms with Crippen LogP contribution in [-0.2, 0) is 10.0 Å². The Labute approximate surface area is 158 Å². The van der Waals surface area contributed by atoms with E-state index >= 15 is 0 Å². The second-order valence-electron chi connectivity index (χ2n) is 6.93. The Balaban J connectivity index is 1.71. The second-order valence-corrected chi connectivity index (χ2v) is 8.68. The lowest BCUT2D eigenvalue weighted by Crippen LogP contribution is -2.09. The van der Waals surface area contributed by atoms with Gasteiger partial charge in [0.2, 0.25) is 16.0 Å². The van der Waals surface area contributed by atoms with Gasteiger partial charge in [-0.2, -0.15) is 0 Å². The number of benzene rings is 2. The predicted molar refractivity (Wildman–Crippen MR) is 101 cm³/mol. The van der Waals surface area contributed by atoms with Crippen LogP contribution in [0, 0.1) is 11.6 Å². The van der Waals surface area contributed by atoms with Crippen molar-refractivity contribution in [2.24, 2.45) is 0 Å². The minimum atomic E-state index is -3.41. The molecule has 4 aromatic rings. The van der Waals surface area contributed by atoms with Gasteiger partial charge in [-0.25, -0.2) is 27.2 Å². The van der Waals surface area contributed by atoms with Crippen LogP contribution in [0.2, 0.25) is 0 Å². The van der Waals surface area contributed by atoms with E-state index in [1.165, 1.54) is 6.07 Å². The molecule has 0 radical (unpaired) electrons. The van der Waals surface area contributed by atoms with Gasteiger partial charge in [0.05, 0.1) is 28.5 Å². The zero-order valence-electron chi connectivity index (χ0n) is 14.7. The average molecular weight is 403 g/mol. The topological polar surface area (TPSA) is 81.8 Å². The lowest BCUT2D eigenvalue weighted by Gasteiger charge is -2.10. The van der Waals surface area contributed by atoms with Crippen molar-refractivity contribution in [2.75, 3.05) is 11.0 Å². The van der Waals surface area contributed by atoms with Crippen molar-refractivity contribution in [3.8, 4) is 5.95 Å². The van der Waals surface area contributed by atoms with Gasteiger partial charge in [-0.05, 0) is 43.2 Å². The molecule has 1 N–H and O–H groups in total. The summed E-state index contributed by atoms with van der Waals surface area (Å²) in [5.41, 5.74) is 2.14. The average Bonchev–Trinajstić information content (AvgIpc) is 3.26. The molecule has 2 aromatic heterocycles. The number of nitrogens with one attached hydrogen (secondary N) is 1. The highest BCUT2D eigenvalue weighted by molar-refractivity contribution is 7.92. The first kappa shape index (κ1) is 17.1. The maximum absolute atomic E-state index is 14.5. The van der Waals surface area contributed by atoms with E-state index in [-0.39, 0.29) is 11.6 Å². The number of sulfonamides is 1. The summed E-state index contributed by atoms with van der Waals surface area (Å²) in [4.78, 5) is 8.84. The van der Waals surface area contributed by atoms with Gasteiger partial charge >= 0.3 is 0 Å². The van der Waals surface area contributed by atoms with Gasteiger partial charge in [-0.1, -0.05) is 0 Å². The van der Waals surface area contributed by atoms with Crippen LogP contribution in [0.15, 0.2) is 36.7 Å². The van der Waals surface area contributed by atoms with Crippen LogP contribution in [0.3, 0.4) is 0 Å². The molecular formula is C18H15F2N5O2S. The minimum absolute atomic E-state index is 0.0555. The van der Waals surface area contributed by atoms with Gasteiger partial charge in [0, 0.05) is 6.04 Å². The summed E-state index contributed by atoms with van der Waals surface area (Å²) >= 11 is 0. The van der Waals surface area contributed by atoms with Gasteiger partial charge in [0.25, 0.3) is 0 Å². The van der Waals surface area contributed by atoms with Gasteiger partial charge < -0.3 is 4.57 Å². The molecule has 0 amide bonds. The van der Waals surface area contributed by atoms with Crippen molar-refractivity contribution in [2.45, 2.75) is 18.9 Å². The molecule has 1 aliphatic carbocycles. The van der Waals surface area contributed by atoms with Gasteiger partial charge in [-0.3, -0.25) is 9.29 Å². The third-order valence-electron chi connectivity index (χ3n) is 4.70. The molecule has 2 aromatic carbocycles. The molecule has 5 rings (SSSR count). The molecule has 7 nitrogen and oxygen atoms in total. The summed E-state index contributed by atoms with van der Waals surface area (Å²) in [6.45, 7) is 0. The fourth-order valence-corrected chi connectivity index (χ4v) is 3.96. The van der Waals surface area contributed by atoms with E-state index in [1.54, 1.807) is 33.7 Å². The first-order valence-electron chi connectivity index (χ1n) is 8.63. The van der Waals surface area contributed by atoms with E-state index in [0.29, 0.717) is 28.2 Å². The number of halogens is 2. The number of anilines is 1. The van der Waals surface area contributed by atoms with Crippen LogP contribution in [0.4, 0.5) is 14.5 Å². The number of hydrogen-bond acceptors (Lipinski definition) is 4. The monoisotopic (exact) mass is 403 g/mol. The number of nitrogens with zero attached hydrogens (tertiary/aromatic N) is 4. The van der Waals surface area contributed by atoms with Crippen molar-refractivity contribution in [1.29, 1.82) is 0 Å². The maximum atomic E-state index is 14.5. The van der Waals surface area contributed by atoms with Crippen LogP contribution in [-0.4, -0.2) is 33.8 Å². The van der Waals surface area contributed by atoms with E-state index in [0.717, 1.165) is 25.2 Å². The SMILES string of the molecule is CS(=O)(=O)Nc1ccc2c(c1)ncn2-c1nc2ccc(F)c(F)c2n1C1CC1. The zero-order valence-corrected chi connectivity index (χ0v) is 15.5. The van der Waals surface area contributed by atoms with Crippen molar-refractivity contribution in [3.05, 3.63) is 48.3 Å². The Morgan fingerprint density at radius 2 is 1.93 bits per heavy atom. The number of fused-ring (bicyclic) bond motifs is 2. The lowest BCUT2D eigenvalue weighted by molar-refractivity contribution is 0.511. The molecule has 0 spiro atoms. The minimum Gasteiger partial charge on any atom is -0.304 e. The van der Waals surface area contributed by atoms with Crippen LogP contribution >= 0.6 is 0 Å². The van der Waals surface area contributed by atoms with Crippen LogP contribution in [0.25, 0.3) is 28.0 Å². The summed E-state index contributed by atoms with van der Waals surface area (Å²) < 4.78 is 57.0. The maximum Gasteiger partial charge on any atom is 0.229 e. The largest absolute Gasteiger partial charge is 0.304 e. The van der Waals surface area contributed by atoms with E-state index in [1.807, 2.05) is 0 Å². The van der Waals surface area contributed by atoms with Crippen molar-refractivity contribution in [3.63, 3.8) is 0 Å². The van der Waals surface area contributed by atoms with Crippen LogP contribution in [0.1, 0.15) is 18.9 Å². The van der Waals surface area contributed by atoms with Crippen molar-refractivity contribution in [1.82, 2.24) is 19.1 Å². The fourth-order valence-electron chi connectivity index (χ4n) is 3.41. The normalized spacial score (nSPS) is 14.8. The molecule has 1 fully saturated rings. The van der Waals surface area contributed by atoms with E-state index < -0.39 is 21.7 Å². The molecular weight excluding hydrogens is 388 g/mol. The molecule has 0 aliphatic heterocycles. The third kappa shape index (κ3) is 2.71. The number of hydrogen-bond donors (Lipinski definition) is 1. The van der Waals surface area contributed by atoms with Crippen LogP contribution < -0.4 is 4.72 Å². The predicted octanol–water partition coefficient (Wildman–Crippen LogP) is 3.36. The van der Waals surface area contributed by atoms with Crippen LogP contribution in [0.5, 0.6) is 0 Å². The van der Waals surface area contributed by atoms with E-state index in [4.69, 9.17) is 0 Å². The highest BCUT2D eigenvalue weighted by atomic mass is 32.2. The zero-order chi connectivity index (χ0) is 19.6. The Kier molecular flexibility index (Phi) is 3.51. The third-order valence-corrected chi connectivity index (χ3v) is 5.31. The Hall–Kier alpha value is -3.01. The molecule has 10 heteroatoms. The summed E-state index contributed by atoms with van der Waals surface area (Å²) in [5.74, 6) is -1.37. The Morgan fingerprint density at radius 1 is 1.14 bits per heavy atom. The summed E-state index contributed by atoms with van der Waals surface area (Å²) in [6.07, 6.45) is 4.34. The van der Waals surface area contributed by atoms with E-state index in [9.17, 15) is 17.2 Å². The fraction of sp³-hybridized carbons (Fsp3) is 0.222. The number of rotatable bonds is 4. The van der Waals surface area contributed by atoms with E-state index in [2.05, 4.69) is 14.7 Å². The quantitative estimate of drug-likeness (QED) is 0.567. The molecule has 2 heterocycles. The standard InChI is InChI=1S/C18H15F2N5O2S/c1-28(26,27)23-10-2-7-15-14(8-10)21-9-24(15)18-22-13-6-5-12(19)16(20)17(13)25(18)11-3-4-11/h2,5-9,11,23H,3-4H2,1H3. The summed E-state index contributed by atoms with van der Waals surface area (Å²) in [7, 11) is -3.41. The van der Waals surface area contributed by atoms with Crippen molar-refractivity contribution >= 4 is 37.8 Å².